The third-order valence-corrected chi connectivity index (χ3v) is 3.11. The number of amides is 1. The van der Waals surface area contributed by atoms with Gasteiger partial charge >= 0.3 is 0 Å². The minimum absolute atomic E-state index is 0.322. The number of nitriles is 1. The molecule has 0 saturated heterocycles. The summed E-state index contributed by atoms with van der Waals surface area (Å²) in [6.07, 6.45) is 0. The van der Waals surface area contributed by atoms with E-state index in [-0.39, 0.29) is 11.7 Å². The molecule has 0 spiro atoms. The summed E-state index contributed by atoms with van der Waals surface area (Å²) in [6.45, 7) is 0. The molecule has 19 heavy (non-hydrogen) atoms. The van der Waals surface area contributed by atoms with Crippen molar-refractivity contribution in [2.75, 3.05) is 5.32 Å². The van der Waals surface area contributed by atoms with Crippen molar-refractivity contribution in [2.45, 2.75) is 0 Å². The van der Waals surface area contributed by atoms with Gasteiger partial charge in [0.05, 0.1) is 17.3 Å². The molecule has 0 atom stereocenters. The van der Waals surface area contributed by atoms with E-state index in [4.69, 9.17) is 5.26 Å². The molecule has 0 radical (unpaired) electrons. The summed E-state index contributed by atoms with van der Waals surface area (Å²) in [4.78, 5) is 11.9. The Morgan fingerprint density at radius 1 is 1.21 bits per heavy atom. The molecule has 2 aromatic carbocycles. The fourth-order valence-corrected chi connectivity index (χ4v) is 1.93. The predicted octanol–water partition coefficient (Wildman–Crippen LogP) is 3.71. The molecule has 0 bridgehead atoms. The highest BCUT2D eigenvalue weighted by Gasteiger charge is 2.08. The summed E-state index contributed by atoms with van der Waals surface area (Å²) in [5.74, 6) is -0.708. The molecular weight excluding hydrogens is 311 g/mol. The Labute approximate surface area is 117 Å². The maximum Gasteiger partial charge on any atom is 0.255 e. The van der Waals surface area contributed by atoms with Crippen LogP contribution in [-0.4, -0.2) is 5.91 Å². The molecule has 5 heteroatoms. The van der Waals surface area contributed by atoms with Crippen molar-refractivity contribution < 1.29 is 9.18 Å². The van der Waals surface area contributed by atoms with Crippen LogP contribution in [0.25, 0.3) is 0 Å². The van der Waals surface area contributed by atoms with E-state index in [1.54, 1.807) is 24.3 Å². The summed E-state index contributed by atoms with van der Waals surface area (Å²) in [7, 11) is 0. The standard InChI is InChI=1S/C14H8BrFN2O/c15-12-7-11(16)5-6-13(12)18-14(19)10-3-1-9(8-17)2-4-10/h1-7H,(H,18,19). The third kappa shape index (κ3) is 3.18. The highest BCUT2D eigenvalue weighted by atomic mass is 79.9. The zero-order chi connectivity index (χ0) is 13.8. The monoisotopic (exact) mass is 318 g/mol. The fraction of sp³-hybridized carbons (Fsp3) is 0. The minimum Gasteiger partial charge on any atom is -0.321 e. The quantitative estimate of drug-likeness (QED) is 0.917. The van der Waals surface area contributed by atoms with Crippen LogP contribution in [0.5, 0.6) is 0 Å². The van der Waals surface area contributed by atoms with Gasteiger partial charge in [0.2, 0.25) is 0 Å². The molecule has 0 aliphatic heterocycles. The maximum atomic E-state index is 12.9. The molecule has 2 rings (SSSR count). The molecule has 2 aromatic rings. The average Bonchev–Trinajstić information content (AvgIpc) is 2.42. The third-order valence-electron chi connectivity index (χ3n) is 2.46. The normalized spacial score (nSPS) is 9.74. The molecule has 0 aromatic heterocycles. The molecule has 0 unspecified atom stereocenters. The molecular formula is C14H8BrFN2O. The number of anilines is 1. The number of rotatable bonds is 2. The van der Waals surface area contributed by atoms with Gasteiger partial charge in [0.15, 0.2) is 0 Å². The Kier molecular flexibility index (Phi) is 3.93. The van der Waals surface area contributed by atoms with E-state index in [2.05, 4.69) is 21.2 Å². The molecule has 0 aliphatic rings. The molecule has 1 N–H and O–H groups in total. The van der Waals surface area contributed by atoms with Crippen LogP contribution >= 0.6 is 15.9 Å². The average molecular weight is 319 g/mol. The van der Waals surface area contributed by atoms with Gasteiger partial charge < -0.3 is 5.32 Å². The van der Waals surface area contributed by atoms with E-state index < -0.39 is 0 Å². The lowest BCUT2D eigenvalue weighted by Crippen LogP contribution is -2.12. The number of nitrogens with one attached hydrogen (secondary N) is 1. The van der Waals surface area contributed by atoms with Gasteiger partial charge in [0.25, 0.3) is 5.91 Å². The number of benzene rings is 2. The number of hydrogen-bond acceptors (Lipinski definition) is 2. The van der Waals surface area contributed by atoms with E-state index >= 15 is 0 Å². The molecule has 1 amide bonds. The number of carbonyl (C=O) groups is 1. The molecule has 94 valence electrons. The van der Waals surface area contributed by atoms with Gasteiger partial charge in [0.1, 0.15) is 5.82 Å². The van der Waals surface area contributed by atoms with Gasteiger partial charge in [-0.1, -0.05) is 0 Å². The topological polar surface area (TPSA) is 52.9 Å². The van der Waals surface area contributed by atoms with E-state index in [1.807, 2.05) is 6.07 Å². The van der Waals surface area contributed by atoms with Gasteiger partial charge in [-0.3, -0.25) is 4.79 Å². The van der Waals surface area contributed by atoms with Crippen LogP contribution in [0.1, 0.15) is 15.9 Å². The second-order valence-corrected chi connectivity index (χ2v) is 4.62. The van der Waals surface area contributed by atoms with Crippen LogP contribution < -0.4 is 5.32 Å². The van der Waals surface area contributed by atoms with Crippen molar-refractivity contribution in [1.82, 2.24) is 0 Å². The van der Waals surface area contributed by atoms with E-state index in [1.165, 1.54) is 18.2 Å². The van der Waals surface area contributed by atoms with E-state index in [9.17, 15) is 9.18 Å². The lowest BCUT2D eigenvalue weighted by Gasteiger charge is -2.07. The van der Waals surface area contributed by atoms with Crippen molar-refractivity contribution in [3.05, 3.63) is 63.9 Å². The van der Waals surface area contributed by atoms with Crippen LogP contribution in [0.4, 0.5) is 10.1 Å². The van der Waals surface area contributed by atoms with Gasteiger partial charge in [-0.2, -0.15) is 5.26 Å². The second-order valence-electron chi connectivity index (χ2n) is 3.77. The Balaban J connectivity index is 2.18. The zero-order valence-electron chi connectivity index (χ0n) is 9.65. The van der Waals surface area contributed by atoms with Gasteiger partial charge in [0, 0.05) is 10.0 Å². The van der Waals surface area contributed by atoms with Crippen molar-refractivity contribution in [3.63, 3.8) is 0 Å². The summed E-state index contributed by atoms with van der Waals surface area (Å²) in [6, 6.07) is 12.2. The Morgan fingerprint density at radius 3 is 2.47 bits per heavy atom. The second kappa shape index (κ2) is 5.63. The van der Waals surface area contributed by atoms with Crippen molar-refractivity contribution in [3.8, 4) is 6.07 Å². The van der Waals surface area contributed by atoms with Crippen molar-refractivity contribution in [2.24, 2.45) is 0 Å². The lowest BCUT2D eigenvalue weighted by atomic mass is 10.1. The number of carbonyl (C=O) groups excluding carboxylic acids is 1. The Morgan fingerprint density at radius 2 is 1.89 bits per heavy atom. The van der Waals surface area contributed by atoms with Crippen LogP contribution in [-0.2, 0) is 0 Å². The van der Waals surface area contributed by atoms with Crippen molar-refractivity contribution in [1.29, 1.82) is 5.26 Å². The summed E-state index contributed by atoms with van der Waals surface area (Å²) < 4.78 is 13.4. The van der Waals surface area contributed by atoms with Crippen LogP contribution in [0.15, 0.2) is 46.9 Å². The first-order valence-corrected chi connectivity index (χ1v) is 6.16. The van der Waals surface area contributed by atoms with Gasteiger partial charge in [-0.25, -0.2) is 4.39 Å². The molecule has 0 heterocycles. The first-order chi connectivity index (χ1) is 9.10. The fourth-order valence-electron chi connectivity index (χ4n) is 1.48. The molecule has 0 fully saturated rings. The van der Waals surface area contributed by atoms with E-state index in [0.29, 0.717) is 21.3 Å². The summed E-state index contributed by atoms with van der Waals surface area (Å²) in [5, 5.41) is 11.3. The van der Waals surface area contributed by atoms with E-state index in [0.717, 1.165) is 0 Å². The van der Waals surface area contributed by atoms with Gasteiger partial charge in [-0.05, 0) is 58.4 Å². The van der Waals surface area contributed by atoms with Crippen LogP contribution in [0.2, 0.25) is 0 Å². The smallest absolute Gasteiger partial charge is 0.255 e. The minimum atomic E-state index is -0.386. The molecule has 3 nitrogen and oxygen atoms in total. The zero-order valence-corrected chi connectivity index (χ0v) is 11.2. The lowest BCUT2D eigenvalue weighted by molar-refractivity contribution is 0.102. The summed E-state index contributed by atoms with van der Waals surface area (Å²) >= 11 is 3.17. The van der Waals surface area contributed by atoms with Crippen LogP contribution in [0.3, 0.4) is 0 Å². The Hall–Kier alpha value is -2.19. The predicted molar refractivity (Wildman–Crippen MR) is 73.2 cm³/mol. The first-order valence-electron chi connectivity index (χ1n) is 5.37. The largest absolute Gasteiger partial charge is 0.321 e. The number of halogens is 2. The van der Waals surface area contributed by atoms with Crippen LogP contribution in [0, 0.1) is 17.1 Å². The highest BCUT2D eigenvalue weighted by molar-refractivity contribution is 9.10. The Bertz CT molecular complexity index is 662. The van der Waals surface area contributed by atoms with Crippen molar-refractivity contribution >= 4 is 27.5 Å². The number of nitrogens with zero attached hydrogens (tertiary/aromatic N) is 1. The maximum absolute atomic E-state index is 12.9. The summed E-state index contributed by atoms with van der Waals surface area (Å²) in [5.41, 5.74) is 1.39. The molecule has 0 saturated carbocycles. The number of hydrogen-bond donors (Lipinski definition) is 1. The SMILES string of the molecule is N#Cc1ccc(C(=O)Nc2ccc(F)cc2Br)cc1. The molecule has 0 aliphatic carbocycles. The van der Waals surface area contributed by atoms with Gasteiger partial charge in [-0.15, -0.1) is 0 Å². The highest BCUT2D eigenvalue weighted by Crippen LogP contribution is 2.23. The first kappa shape index (κ1) is 13.2.